The Bertz CT molecular complexity index is 1420. The molecule has 440 valence electrons. The number of esters is 1. The Morgan fingerprint density at radius 2 is 0.813 bits per heavy atom. The summed E-state index contributed by atoms with van der Waals surface area (Å²) in [6, 6.07) is -0.855. The standard InChI is InChI=1S/C65H123N2O7P/c1-7-10-13-16-19-22-25-28-30-32-33-35-36-39-42-45-48-51-54-57-64(68)66-62(61-73-75(70,71)72-60-59-67(4,5)6)63(56-53-50-47-44-41-38-27-24-21-18-15-12-9-3)74-65(69)58-55-52-49-46-43-40-37-34-31-29-26-23-20-17-14-11-8-2/h20,23,29,31,37,40,53,56,62-63H,7-19,21-22,24-28,30,32-36,38-39,41-52,54-55,57-61H2,1-6H3,(H-,66,68,70,71)/p+1/b23-20-,31-29-,40-37-,56-53+. The van der Waals surface area contributed by atoms with Crippen molar-refractivity contribution in [3.8, 4) is 0 Å². The van der Waals surface area contributed by atoms with E-state index in [0.29, 0.717) is 23.9 Å². The number of nitrogens with zero attached hydrogens (tertiary/aromatic N) is 1. The van der Waals surface area contributed by atoms with Crippen molar-refractivity contribution in [1.29, 1.82) is 0 Å². The van der Waals surface area contributed by atoms with Crippen LogP contribution in [0.15, 0.2) is 48.6 Å². The van der Waals surface area contributed by atoms with Gasteiger partial charge in [-0.2, -0.15) is 0 Å². The molecule has 0 aliphatic carbocycles. The molecule has 0 fully saturated rings. The summed E-state index contributed by atoms with van der Waals surface area (Å²) in [4.78, 5) is 37.7. The number of allylic oxidation sites excluding steroid dienone is 7. The SMILES string of the molecule is CCCCC/C=C\C/C=C\C/C=C\CCCCCCC(=O)OC(/C=C/CCCCCCCCCCCCC)C(COP(=O)(O)OCC[N+](C)(C)C)NC(=O)CCCCCCCCCCCCCCCCCCCCC. The number of likely N-dealkylation sites (N-methyl/N-ethyl adjacent to an activating group) is 1. The third-order valence-corrected chi connectivity index (χ3v) is 15.3. The summed E-state index contributed by atoms with van der Waals surface area (Å²) in [5.74, 6) is -0.518. The molecule has 1 amide bonds. The van der Waals surface area contributed by atoms with Gasteiger partial charge in [-0.25, -0.2) is 4.57 Å². The van der Waals surface area contributed by atoms with E-state index >= 15 is 0 Å². The lowest BCUT2D eigenvalue weighted by molar-refractivity contribution is -0.870. The maximum Gasteiger partial charge on any atom is 0.472 e. The lowest BCUT2D eigenvalue weighted by atomic mass is 10.0. The number of carbonyl (C=O) groups is 2. The van der Waals surface area contributed by atoms with Crippen molar-refractivity contribution in [3.63, 3.8) is 0 Å². The number of nitrogens with one attached hydrogen (secondary N) is 1. The Hall–Kier alpha value is -2.03. The second-order valence-corrected chi connectivity index (χ2v) is 24.4. The second-order valence-electron chi connectivity index (χ2n) is 22.9. The van der Waals surface area contributed by atoms with Gasteiger partial charge in [-0.3, -0.25) is 18.6 Å². The highest BCUT2D eigenvalue weighted by molar-refractivity contribution is 7.47. The number of ether oxygens (including phenoxy) is 1. The minimum Gasteiger partial charge on any atom is -0.456 e. The molecule has 0 saturated carbocycles. The number of hydrogen-bond acceptors (Lipinski definition) is 6. The molecule has 10 heteroatoms. The van der Waals surface area contributed by atoms with Gasteiger partial charge in [-0.05, 0) is 70.3 Å². The van der Waals surface area contributed by atoms with Crippen molar-refractivity contribution in [2.45, 2.75) is 315 Å². The van der Waals surface area contributed by atoms with Crippen LogP contribution >= 0.6 is 7.82 Å². The number of amides is 1. The largest absolute Gasteiger partial charge is 0.472 e. The smallest absolute Gasteiger partial charge is 0.456 e. The second kappa shape index (κ2) is 55.3. The predicted octanol–water partition coefficient (Wildman–Crippen LogP) is 19.7. The average Bonchev–Trinajstić information content (AvgIpc) is 3.37. The fourth-order valence-electron chi connectivity index (χ4n) is 9.30. The number of rotatable bonds is 58. The van der Waals surface area contributed by atoms with E-state index in [1.54, 1.807) is 0 Å². The topological polar surface area (TPSA) is 111 Å². The van der Waals surface area contributed by atoms with Crippen LogP contribution in [-0.4, -0.2) is 74.3 Å². The average molecular weight is 1080 g/mol. The third kappa shape index (κ3) is 56.5. The zero-order valence-corrected chi connectivity index (χ0v) is 51.2. The molecule has 3 atom stereocenters. The Morgan fingerprint density at radius 1 is 0.467 bits per heavy atom. The lowest BCUT2D eigenvalue weighted by Gasteiger charge is -2.27. The van der Waals surface area contributed by atoms with Crippen LogP contribution in [0.25, 0.3) is 0 Å². The highest BCUT2D eigenvalue weighted by Crippen LogP contribution is 2.43. The van der Waals surface area contributed by atoms with Gasteiger partial charge in [0.25, 0.3) is 0 Å². The van der Waals surface area contributed by atoms with Gasteiger partial charge >= 0.3 is 13.8 Å². The molecule has 0 aromatic heterocycles. The van der Waals surface area contributed by atoms with Gasteiger partial charge in [0.15, 0.2) is 0 Å². The van der Waals surface area contributed by atoms with Crippen LogP contribution in [0.1, 0.15) is 303 Å². The van der Waals surface area contributed by atoms with Crippen LogP contribution in [0.3, 0.4) is 0 Å². The first-order valence-corrected chi connectivity index (χ1v) is 33.5. The molecular formula is C65H124N2O7P+. The number of phosphoric acid groups is 1. The van der Waals surface area contributed by atoms with Crippen LogP contribution in [-0.2, 0) is 27.9 Å². The number of hydrogen-bond donors (Lipinski definition) is 2. The molecule has 0 aromatic rings. The first-order chi connectivity index (χ1) is 36.4. The quantitative estimate of drug-likeness (QED) is 0.0205. The van der Waals surface area contributed by atoms with Crippen LogP contribution in [0.2, 0.25) is 0 Å². The summed E-state index contributed by atoms with van der Waals surface area (Å²) in [6.45, 7) is 7.01. The normalized spacial score (nSPS) is 14.0. The molecule has 0 aliphatic rings. The number of quaternary nitrogens is 1. The highest BCUT2D eigenvalue weighted by atomic mass is 31.2. The van der Waals surface area contributed by atoms with Gasteiger partial charge in [0, 0.05) is 12.8 Å². The first-order valence-electron chi connectivity index (χ1n) is 32.0. The van der Waals surface area contributed by atoms with Crippen molar-refractivity contribution >= 4 is 19.7 Å². The molecule has 0 heterocycles. The van der Waals surface area contributed by atoms with Crippen molar-refractivity contribution < 1.29 is 37.3 Å². The van der Waals surface area contributed by atoms with E-state index in [1.807, 2.05) is 33.3 Å². The Balaban J connectivity index is 5.28. The van der Waals surface area contributed by atoms with Crippen LogP contribution in [0.5, 0.6) is 0 Å². The minimum atomic E-state index is -4.45. The van der Waals surface area contributed by atoms with Gasteiger partial charge in [-0.15, -0.1) is 0 Å². The van der Waals surface area contributed by atoms with Gasteiger partial charge in [0.2, 0.25) is 5.91 Å². The van der Waals surface area contributed by atoms with E-state index in [4.69, 9.17) is 13.8 Å². The van der Waals surface area contributed by atoms with E-state index in [2.05, 4.69) is 62.5 Å². The van der Waals surface area contributed by atoms with Crippen molar-refractivity contribution in [1.82, 2.24) is 5.32 Å². The molecule has 9 nitrogen and oxygen atoms in total. The van der Waals surface area contributed by atoms with Crippen LogP contribution < -0.4 is 5.32 Å². The molecule has 0 aromatic carbocycles. The molecule has 2 N–H and O–H groups in total. The number of phosphoric ester groups is 1. The molecule has 0 saturated heterocycles. The van der Waals surface area contributed by atoms with E-state index in [0.717, 1.165) is 77.0 Å². The summed E-state index contributed by atoms with van der Waals surface area (Å²) in [6.07, 6.45) is 68.2. The molecule has 0 aliphatic heterocycles. The molecule has 0 rings (SSSR count). The summed E-state index contributed by atoms with van der Waals surface area (Å²) in [5, 5.41) is 3.06. The molecule has 0 bridgehead atoms. The van der Waals surface area contributed by atoms with Gasteiger partial charge in [-0.1, -0.05) is 269 Å². The Labute approximate surface area is 465 Å². The summed E-state index contributed by atoms with van der Waals surface area (Å²) in [7, 11) is 1.49. The van der Waals surface area contributed by atoms with E-state index in [-0.39, 0.29) is 31.5 Å². The molecular weight excluding hydrogens is 952 g/mol. The third-order valence-electron chi connectivity index (χ3n) is 14.3. The van der Waals surface area contributed by atoms with E-state index < -0.39 is 20.0 Å². The fourth-order valence-corrected chi connectivity index (χ4v) is 10.0. The van der Waals surface area contributed by atoms with Crippen LogP contribution in [0.4, 0.5) is 0 Å². The summed E-state index contributed by atoms with van der Waals surface area (Å²) >= 11 is 0. The zero-order chi connectivity index (χ0) is 55.0. The number of carbonyl (C=O) groups excluding carboxylic acids is 2. The highest BCUT2D eigenvalue weighted by Gasteiger charge is 2.30. The summed E-state index contributed by atoms with van der Waals surface area (Å²) in [5.41, 5.74) is 0. The van der Waals surface area contributed by atoms with Crippen molar-refractivity contribution in [2.75, 3.05) is 40.9 Å². The molecule has 3 unspecified atom stereocenters. The van der Waals surface area contributed by atoms with E-state index in [1.165, 1.54) is 186 Å². The fraction of sp³-hybridized carbons (Fsp3) is 0.846. The molecule has 0 spiro atoms. The Kier molecular flexibility index (Phi) is 53.8. The van der Waals surface area contributed by atoms with Gasteiger partial charge in [0.05, 0.1) is 33.8 Å². The maximum absolute atomic E-state index is 13.6. The van der Waals surface area contributed by atoms with Crippen LogP contribution in [0, 0.1) is 0 Å². The first kappa shape index (κ1) is 73.0. The molecule has 0 radical (unpaired) electrons. The lowest BCUT2D eigenvalue weighted by Crippen LogP contribution is -2.47. The predicted molar refractivity (Wildman–Crippen MR) is 323 cm³/mol. The van der Waals surface area contributed by atoms with Gasteiger partial charge < -0.3 is 19.4 Å². The monoisotopic (exact) mass is 1080 g/mol. The summed E-state index contributed by atoms with van der Waals surface area (Å²) < 4.78 is 30.7. The van der Waals surface area contributed by atoms with Crippen molar-refractivity contribution in [2.24, 2.45) is 0 Å². The number of unbranched alkanes of at least 4 members (excludes halogenated alkanes) is 36. The van der Waals surface area contributed by atoms with E-state index in [9.17, 15) is 19.0 Å². The zero-order valence-electron chi connectivity index (χ0n) is 50.3. The Morgan fingerprint density at radius 3 is 1.24 bits per heavy atom. The maximum atomic E-state index is 13.6. The van der Waals surface area contributed by atoms with Crippen molar-refractivity contribution in [3.05, 3.63) is 48.6 Å². The molecule has 75 heavy (non-hydrogen) atoms. The minimum absolute atomic E-state index is 0.0377. The van der Waals surface area contributed by atoms with Gasteiger partial charge in [0.1, 0.15) is 19.3 Å².